The van der Waals surface area contributed by atoms with E-state index >= 15 is 0 Å². The predicted octanol–water partition coefficient (Wildman–Crippen LogP) is 2.35. The van der Waals surface area contributed by atoms with E-state index in [2.05, 4.69) is 40.5 Å². The molecule has 1 saturated heterocycles. The van der Waals surface area contributed by atoms with Gasteiger partial charge in [0.1, 0.15) is 0 Å². The molecule has 2 amide bonds. The van der Waals surface area contributed by atoms with Crippen LogP contribution in [0.25, 0.3) is 0 Å². The van der Waals surface area contributed by atoms with Gasteiger partial charge in [0.05, 0.1) is 0 Å². The number of carbonyl (C=O) groups is 2. The molecule has 3 N–H and O–H groups in total. The van der Waals surface area contributed by atoms with Crippen molar-refractivity contribution in [3.63, 3.8) is 0 Å². The van der Waals surface area contributed by atoms with E-state index in [1.54, 1.807) is 6.92 Å². The molecule has 0 radical (unpaired) electrons. The van der Waals surface area contributed by atoms with Gasteiger partial charge < -0.3 is 16.0 Å². The quantitative estimate of drug-likeness (QED) is 0.630. The molecular weight excluding hydrogens is 326 g/mol. The molecule has 2 rings (SSSR count). The summed E-state index contributed by atoms with van der Waals surface area (Å²) >= 11 is 0. The summed E-state index contributed by atoms with van der Waals surface area (Å²) in [5, 5.41) is 2.94. The van der Waals surface area contributed by atoms with Gasteiger partial charge in [-0.15, -0.1) is 0 Å². The Labute approximate surface area is 157 Å². The standard InChI is InChI=1S/C21H33N3O2/c1-17(21(22)26)8-9-20(25)23-12-5-13-24-14-10-19(11-15-24)16-18-6-3-2-4-7-18/h2-4,6-7,17,19H,5,8-16H2,1H3,(H2,22,26)(H,23,25)/t17-/m0/s1. The third-order valence-electron chi connectivity index (χ3n) is 5.34. The van der Waals surface area contributed by atoms with Gasteiger partial charge in [0.25, 0.3) is 0 Å². The van der Waals surface area contributed by atoms with Crippen LogP contribution < -0.4 is 11.1 Å². The van der Waals surface area contributed by atoms with Crippen molar-refractivity contribution >= 4 is 11.8 Å². The van der Waals surface area contributed by atoms with Gasteiger partial charge in [-0.2, -0.15) is 0 Å². The number of primary amides is 1. The molecule has 0 spiro atoms. The number of nitrogens with zero attached hydrogens (tertiary/aromatic N) is 1. The maximum atomic E-state index is 11.8. The molecule has 0 aromatic heterocycles. The van der Waals surface area contributed by atoms with Gasteiger partial charge in [-0.3, -0.25) is 9.59 Å². The third-order valence-corrected chi connectivity index (χ3v) is 5.34. The monoisotopic (exact) mass is 359 g/mol. The highest BCUT2D eigenvalue weighted by molar-refractivity contribution is 5.79. The smallest absolute Gasteiger partial charge is 0.220 e. The molecular formula is C21H33N3O2. The number of nitrogens with two attached hydrogens (primary N) is 1. The molecule has 144 valence electrons. The molecule has 0 bridgehead atoms. The van der Waals surface area contributed by atoms with Crippen LogP contribution in [0.15, 0.2) is 30.3 Å². The van der Waals surface area contributed by atoms with Crippen LogP contribution in [-0.4, -0.2) is 42.9 Å². The fourth-order valence-corrected chi connectivity index (χ4v) is 3.47. The first kappa shape index (κ1) is 20.4. The Morgan fingerprint density at radius 3 is 2.58 bits per heavy atom. The first-order valence-electron chi connectivity index (χ1n) is 9.87. The molecule has 0 saturated carbocycles. The minimum atomic E-state index is -0.339. The average Bonchev–Trinajstić information content (AvgIpc) is 2.65. The zero-order chi connectivity index (χ0) is 18.8. The highest BCUT2D eigenvalue weighted by Gasteiger charge is 2.19. The number of piperidine rings is 1. The highest BCUT2D eigenvalue weighted by Crippen LogP contribution is 2.21. The summed E-state index contributed by atoms with van der Waals surface area (Å²) in [7, 11) is 0. The van der Waals surface area contributed by atoms with Gasteiger partial charge >= 0.3 is 0 Å². The van der Waals surface area contributed by atoms with Gasteiger partial charge in [-0.05, 0) is 63.2 Å². The van der Waals surface area contributed by atoms with E-state index in [0.717, 1.165) is 32.0 Å². The molecule has 26 heavy (non-hydrogen) atoms. The van der Waals surface area contributed by atoms with Crippen LogP contribution in [-0.2, 0) is 16.0 Å². The second-order valence-corrected chi connectivity index (χ2v) is 7.52. The van der Waals surface area contributed by atoms with Crippen molar-refractivity contribution in [1.29, 1.82) is 0 Å². The number of rotatable bonds is 10. The lowest BCUT2D eigenvalue weighted by atomic mass is 9.90. The van der Waals surface area contributed by atoms with E-state index in [0.29, 0.717) is 19.4 Å². The average molecular weight is 360 g/mol. The number of benzene rings is 1. The number of amides is 2. The van der Waals surface area contributed by atoms with Gasteiger partial charge in [0.15, 0.2) is 0 Å². The summed E-state index contributed by atoms with van der Waals surface area (Å²) in [6.07, 6.45) is 5.57. The molecule has 0 unspecified atom stereocenters. The number of nitrogens with one attached hydrogen (secondary N) is 1. The number of likely N-dealkylation sites (tertiary alicyclic amines) is 1. The number of hydrogen-bond donors (Lipinski definition) is 2. The molecule has 5 nitrogen and oxygen atoms in total. The van der Waals surface area contributed by atoms with E-state index in [4.69, 9.17) is 5.73 Å². The molecule has 1 aromatic carbocycles. The summed E-state index contributed by atoms with van der Waals surface area (Å²) in [6.45, 7) is 5.81. The van der Waals surface area contributed by atoms with Gasteiger partial charge in [0, 0.05) is 18.9 Å². The normalized spacial score (nSPS) is 17.0. The van der Waals surface area contributed by atoms with Crippen molar-refractivity contribution in [2.45, 2.75) is 45.4 Å². The Morgan fingerprint density at radius 1 is 1.23 bits per heavy atom. The Bertz CT molecular complexity index is 554. The Balaban J connectivity index is 1.52. The Morgan fingerprint density at radius 2 is 1.92 bits per heavy atom. The summed E-state index contributed by atoms with van der Waals surface area (Å²) in [6, 6.07) is 10.8. The van der Waals surface area contributed by atoms with Crippen LogP contribution in [0, 0.1) is 11.8 Å². The SMILES string of the molecule is C[C@@H](CCC(=O)NCCCN1CCC(Cc2ccccc2)CC1)C(N)=O. The molecule has 0 aliphatic carbocycles. The molecule has 1 aromatic rings. The first-order valence-corrected chi connectivity index (χ1v) is 9.87. The van der Waals surface area contributed by atoms with E-state index in [1.807, 2.05) is 0 Å². The lowest BCUT2D eigenvalue weighted by Gasteiger charge is -2.32. The van der Waals surface area contributed by atoms with Crippen LogP contribution in [0.4, 0.5) is 0 Å². The molecule has 1 fully saturated rings. The minimum absolute atomic E-state index is 0.0136. The number of hydrogen-bond acceptors (Lipinski definition) is 3. The molecule has 1 atom stereocenters. The third kappa shape index (κ3) is 7.56. The minimum Gasteiger partial charge on any atom is -0.369 e. The predicted molar refractivity (Wildman–Crippen MR) is 105 cm³/mol. The van der Waals surface area contributed by atoms with E-state index in [-0.39, 0.29) is 17.7 Å². The maximum Gasteiger partial charge on any atom is 0.220 e. The molecule has 5 heteroatoms. The second kappa shape index (κ2) is 11.0. The lowest BCUT2D eigenvalue weighted by molar-refractivity contribution is -0.123. The van der Waals surface area contributed by atoms with Crippen LogP contribution in [0.2, 0.25) is 0 Å². The van der Waals surface area contributed by atoms with Gasteiger partial charge in [-0.25, -0.2) is 0 Å². The van der Waals surface area contributed by atoms with Crippen molar-refractivity contribution in [3.05, 3.63) is 35.9 Å². The lowest BCUT2D eigenvalue weighted by Crippen LogP contribution is -2.36. The largest absolute Gasteiger partial charge is 0.369 e. The fraction of sp³-hybridized carbons (Fsp3) is 0.619. The van der Waals surface area contributed by atoms with E-state index in [1.165, 1.54) is 24.8 Å². The van der Waals surface area contributed by atoms with Crippen molar-refractivity contribution in [3.8, 4) is 0 Å². The molecule has 1 aliphatic rings. The highest BCUT2D eigenvalue weighted by atomic mass is 16.2. The summed E-state index contributed by atoms with van der Waals surface area (Å²) in [5.74, 6) is 0.228. The summed E-state index contributed by atoms with van der Waals surface area (Å²) in [5.41, 5.74) is 6.65. The number of carbonyl (C=O) groups excluding carboxylic acids is 2. The van der Waals surface area contributed by atoms with Gasteiger partial charge in [-0.1, -0.05) is 37.3 Å². The summed E-state index contributed by atoms with van der Waals surface area (Å²) in [4.78, 5) is 25.2. The van der Waals surface area contributed by atoms with Crippen LogP contribution >= 0.6 is 0 Å². The summed E-state index contributed by atoms with van der Waals surface area (Å²) < 4.78 is 0. The molecule has 1 heterocycles. The van der Waals surface area contributed by atoms with E-state index in [9.17, 15) is 9.59 Å². The Kier molecular flexibility index (Phi) is 8.62. The van der Waals surface area contributed by atoms with Crippen molar-refractivity contribution in [1.82, 2.24) is 10.2 Å². The van der Waals surface area contributed by atoms with Crippen molar-refractivity contribution in [2.24, 2.45) is 17.6 Å². The van der Waals surface area contributed by atoms with E-state index < -0.39 is 0 Å². The first-order chi connectivity index (χ1) is 12.5. The zero-order valence-electron chi connectivity index (χ0n) is 16.0. The second-order valence-electron chi connectivity index (χ2n) is 7.52. The van der Waals surface area contributed by atoms with Crippen LogP contribution in [0.1, 0.15) is 44.6 Å². The van der Waals surface area contributed by atoms with Crippen LogP contribution in [0.5, 0.6) is 0 Å². The van der Waals surface area contributed by atoms with Crippen molar-refractivity contribution in [2.75, 3.05) is 26.2 Å². The topological polar surface area (TPSA) is 75.4 Å². The maximum absolute atomic E-state index is 11.8. The zero-order valence-corrected chi connectivity index (χ0v) is 16.0. The Hall–Kier alpha value is -1.88. The van der Waals surface area contributed by atoms with Crippen molar-refractivity contribution < 1.29 is 9.59 Å². The van der Waals surface area contributed by atoms with Gasteiger partial charge in [0.2, 0.25) is 11.8 Å². The molecule has 1 aliphatic heterocycles. The van der Waals surface area contributed by atoms with Crippen LogP contribution in [0.3, 0.4) is 0 Å². The fourth-order valence-electron chi connectivity index (χ4n) is 3.47.